The summed E-state index contributed by atoms with van der Waals surface area (Å²) in [6, 6.07) is 9.16. The van der Waals surface area contributed by atoms with Gasteiger partial charge in [-0.1, -0.05) is 11.6 Å². The van der Waals surface area contributed by atoms with Gasteiger partial charge in [0.2, 0.25) is 0 Å². The lowest BCUT2D eigenvalue weighted by molar-refractivity contribution is 0.375. The minimum absolute atomic E-state index is 0.212. The van der Waals surface area contributed by atoms with Crippen LogP contribution in [0.4, 0.5) is 14.5 Å². The van der Waals surface area contributed by atoms with Crippen molar-refractivity contribution in [3.05, 3.63) is 76.3 Å². The monoisotopic (exact) mass is 569 g/mol. The van der Waals surface area contributed by atoms with E-state index in [0.29, 0.717) is 45.9 Å². The Bertz CT molecular complexity index is 1480. The molecule has 1 aliphatic heterocycles. The summed E-state index contributed by atoms with van der Waals surface area (Å²) < 4.78 is 40.6. The molecule has 1 unspecified atom stereocenters. The number of anilines is 1. The highest BCUT2D eigenvalue weighted by atomic mass is 35.5. The molecule has 0 bridgehead atoms. The van der Waals surface area contributed by atoms with E-state index in [9.17, 15) is 4.39 Å². The van der Waals surface area contributed by atoms with Crippen molar-refractivity contribution in [2.24, 2.45) is 11.7 Å². The van der Waals surface area contributed by atoms with E-state index in [1.807, 2.05) is 0 Å². The Balaban J connectivity index is 1.53. The average Bonchev–Trinajstić information content (AvgIpc) is 3.46. The summed E-state index contributed by atoms with van der Waals surface area (Å²) in [5.41, 5.74) is 8.17. The van der Waals surface area contributed by atoms with Crippen LogP contribution in [-0.4, -0.2) is 41.9 Å². The lowest BCUT2D eigenvalue weighted by Crippen LogP contribution is -2.38. The van der Waals surface area contributed by atoms with Crippen LogP contribution in [0.2, 0.25) is 5.02 Å². The Morgan fingerprint density at radius 3 is 2.82 bits per heavy atom. The Morgan fingerprint density at radius 2 is 2.05 bits per heavy atom. The van der Waals surface area contributed by atoms with E-state index < -0.39 is 11.6 Å². The molecule has 1 aliphatic rings. The number of halogens is 3. The molecule has 7 nitrogen and oxygen atoms in total. The Morgan fingerprint density at radius 1 is 1.21 bits per heavy atom. The van der Waals surface area contributed by atoms with Crippen LogP contribution in [0.25, 0.3) is 22.5 Å². The fraction of sp³-hybridized carbons (Fsp3) is 0.250. The minimum atomic E-state index is -0.502. The van der Waals surface area contributed by atoms with E-state index in [2.05, 4.69) is 20.1 Å². The van der Waals surface area contributed by atoms with Crippen LogP contribution in [0.1, 0.15) is 24.1 Å². The first-order valence-electron chi connectivity index (χ1n) is 12.4. The summed E-state index contributed by atoms with van der Waals surface area (Å²) in [7, 11) is 1.43. The van der Waals surface area contributed by atoms with Crippen molar-refractivity contribution in [2.75, 3.05) is 31.6 Å². The molecule has 0 radical (unpaired) electrons. The SMILES string of the molecule is COc1cc(F)ccc1Oc1ccc(/C=C(\F)c2csc(-c3ccnnc3)n2)c(N2CCCC(CN)C2)c1Cl. The average molecular weight is 570 g/mol. The number of hydrogen-bond donors (Lipinski definition) is 1. The van der Waals surface area contributed by atoms with Crippen molar-refractivity contribution < 1.29 is 18.3 Å². The highest BCUT2D eigenvalue weighted by Gasteiger charge is 2.25. The van der Waals surface area contributed by atoms with Crippen LogP contribution in [0, 0.1) is 11.7 Å². The second-order valence-electron chi connectivity index (χ2n) is 9.06. The maximum atomic E-state index is 15.6. The van der Waals surface area contributed by atoms with Gasteiger partial charge in [0.25, 0.3) is 0 Å². The van der Waals surface area contributed by atoms with Gasteiger partial charge >= 0.3 is 0 Å². The summed E-state index contributed by atoms with van der Waals surface area (Å²) in [6.45, 7) is 1.96. The van der Waals surface area contributed by atoms with Crippen molar-refractivity contribution in [2.45, 2.75) is 12.8 Å². The molecular formula is C28H26ClF2N5O2S. The topological polar surface area (TPSA) is 86.4 Å². The van der Waals surface area contributed by atoms with Gasteiger partial charge in [-0.2, -0.15) is 10.2 Å². The van der Waals surface area contributed by atoms with Crippen LogP contribution >= 0.6 is 22.9 Å². The van der Waals surface area contributed by atoms with E-state index in [1.54, 1.807) is 36.0 Å². The molecule has 1 saturated heterocycles. The van der Waals surface area contributed by atoms with Crippen LogP contribution in [0.3, 0.4) is 0 Å². The number of thiazole rings is 1. The molecule has 2 aromatic heterocycles. The lowest BCUT2D eigenvalue weighted by atomic mass is 9.97. The van der Waals surface area contributed by atoms with Gasteiger partial charge in [0.05, 0.1) is 25.2 Å². The van der Waals surface area contributed by atoms with E-state index in [-0.39, 0.29) is 17.4 Å². The number of hydrogen-bond acceptors (Lipinski definition) is 8. The van der Waals surface area contributed by atoms with Crippen molar-refractivity contribution in [1.29, 1.82) is 0 Å². The Hall–Kier alpha value is -3.60. The summed E-state index contributed by atoms with van der Waals surface area (Å²) in [6.07, 6.45) is 6.52. The zero-order chi connectivity index (χ0) is 27.4. The Kier molecular flexibility index (Phi) is 8.35. The van der Waals surface area contributed by atoms with Crippen LogP contribution < -0.4 is 20.1 Å². The van der Waals surface area contributed by atoms with Gasteiger partial charge in [0.15, 0.2) is 11.5 Å². The van der Waals surface area contributed by atoms with Gasteiger partial charge in [-0.05, 0) is 61.7 Å². The molecule has 0 amide bonds. The first-order chi connectivity index (χ1) is 19.0. The standard InChI is InChI=1S/C28H26ClF2N5O2S/c1-37-25-12-20(30)5-7-23(25)38-24-6-4-18(27(26(24)29)36-10-2-3-17(13-32)15-36)11-21(31)22-16-39-28(35-22)19-8-9-33-34-14-19/h4-9,11-12,14,16-17H,2-3,10,13,15,32H2,1H3/b21-11-. The molecule has 4 aromatic rings. The quantitative estimate of drug-likeness (QED) is 0.249. The van der Waals surface area contributed by atoms with Gasteiger partial charge in [-0.3, -0.25) is 0 Å². The third-order valence-corrected chi connectivity index (χ3v) is 7.75. The lowest BCUT2D eigenvalue weighted by Gasteiger charge is -2.35. The molecule has 202 valence electrons. The fourth-order valence-corrected chi connectivity index (χ4v) is 5.65. The molecule has 11 heteroatoms. The van der Waals surface area contributed by atoms with Gasteiger partial charge in [-0.15, -0.1) is 11.3 Å². The summed E-state index contributed by atoms with van der Waals surface area (Å²) in [5, 5.41) is 10.2. The molecule has 3 heterocycles. The number of methoxy groups -OCH3 is 1. The molecule has 1 atom stereocenters. The molecule has 5 rings (SSSR count). The summed E-state index contributed by atoms with van der Waals surface area (Å²) >= 11 is 8.26. The molecular weight excluding hydrogens is 544 g/mol. The van der Waals surface area contributed by atoms with Crippen molar-refractivity contribution >= 4 is 40.5 Å². The second-order valence-corrected chi connectivity index (χ2v) is 10.3. The maximum absolute atomic E-state index is 15.6. The number of piperidine rings is 1. The van der Waals surface area contributed by atoms with Gasteiger partial charge in [-0.25, -0.2) is 13.8 Å². The third kappa shape index (κ3) is 6.03. The number of nitrogens with zero attached hydrogens (tertiary/aromatic N) is 4. The number of aromatic nitrogens is 3. The molecule has 0 saturated carbocycles. The van der Waals surface area contributed by atoms with Crippen LogP contribution in [0.5, 0.6) is 17.2 Å². The summed E-state index contributed by atoms with van der Waals surface area (Å²) in [5.74, 6) is 0.206. The predicted molar refractivity (Wildman–Crippen MR) is 151 cm³/mol. The molecule has 39 heavy (non-hydrogen) atoms. The van der Waals surface area contributed by atoms with Gasteiger partial charge < -0.3 is 20.1 Å². The largest absolute Gasteiger partial charge is 0.493 e. The van der Waals surface area contributed by atoms with Crippen molar-refractivity contribution in [3.63, 3.8) is 0 Å². The molecule has 2 N–H and O–H groups in total. The second kappa shape index (κ2) is 12.1. The van der Waals surface area contributed by atoms with E-state index >= 15 is 4.39 Å². The van der Waals surface area contributed by atoms with Crippen LogP contribution in [0.15, 0.2) is 54.2 Å². The first-order valence-corrected chi connectivity index (χ1v) is 13.6. The van der Waals surface area contributed by atoms with Gasteiger partial charge in [0.1, 0.15) is 33.1 Å². The molecule has 1 fully saturated rings. The van der Waals surface area contributed by atoms with E-state index in [0.717, 1.165) is 24.9 Å². The molecule has 2 aromatic carbocycles. The molecule has 0 aliphatic carbocycles. The Labute approximate surface area is 233 Å². The zero-order valence-electron chi connectivity index (χ0n) is 21.1. The predicted octanol–water partition coefficient (Wildman–Crippen LogP) is 6.84. The van der Waals surface area contributed by atoms with E-state index in [4.69, 9.17) is 26.8 Å². The maximum Gasteiger partial charge on any atom is 0.169 e. The first kappa shape index (κ1) is 27.0. The number of benzene rings is 2. The smallest absolute Gasteiger partial charge is 0.169 e. The minimum Gasteiger partial charge on any atom is -0.493 e. The third-order valence-electron chi connectivity index (χ3n) is 6.49. The highest BCUT2D eigenvalue weighted by molar-refractivity contribution is 7.13. The van der Waals surface area contributed by atoms with Crippen LogP contribution in [-0.2, 0) is 0 Å². The van der Waals surface area contributed by atoms with E-state index in [1.165, 1.54) is 42.7 Å². The normalized spacial score (nSPS) is 15.9. The fourth-order valence-electron chi connectivity index (χ4n) is 4.53. The van der Waals surface area contributed by atoms with Crippen molar-refractivity contribution in [1.82, 2.24) is 15.2 Å². The summed E-state index contributed by atoms with van der Waals surface area (Å²) in [4.78, 5) is 6.56. The highest BCUT2D eigenvalue weighted by Crippen LogP contribution is 2.44. The van der Waals surface area contributed by atoms with Gasteiger partial charge in [0, 0.05) is 35.7 Å². The number of rotatable bonds is 8. The number of nitrogens with two attached hydrogens (primary N) is 1. The van der Waals surface area contributed by atoms with Crippen molar-refractivity contribution in [3.8, 4) is 27.8 Å². The molecule has 0 spiro atoms. The number of ether oxygens (including phenoxy) is 2. The zero-order valence-corrected chi connectivity index (χ0v) is 22.7.